The van der Waals surface area contributed by atoms with Gasteiger partial charge in [-0.15, -0.1) is 0 Å². The molecule has 1 saturated heterocycles. The molecule has 192 valence electrons. The predicted molar refractivity (Wildman–Crippen MR) is 146 cm³/mol. The zero-order valence-corrected chi connectivity index (χ0v) is 21.9. The highest BCUT2D eigenvalue weighted by Crippen LogP contribution is 2.39. The van der Waals surface area contributed by atoms with Crippen molar-refractivity contribution in [3.63, 3.8) is 0 Å². The number of piperazine rings is 1. The number of hydrogen-bond donors (Lipinski definition) is 3. The van der Waals surface area contributed by atoms with Crippen LogP contribution in [0, 0.1) is 0 Å². The number of aromatic amines is 1. The van der Waals surface area contributed by atoms with Crippen molar-refractivity contribution in [3.05, 3.63) is 59.1 Å². The molecular weight excluding hydrogens is 492 g/mol. The number of amides is 1. The summed E-state index contributed by atoms with van der Waals surface area (Å²) in [7, 11) is 3.12. The van der Waals surface area contributed by atoms with Gasteiger partial charge in [-0.1, -0.05) is 11.6 Å². The topological polar surface area (TPSA) is 104 Å². The summed E-state index contributed by atoms with van der Waals surface area (Å²) >= 11 is 6.53. The quantitative estimate of drug-likeness (QED) is 0.337. The van der Waals surface area contributed by atoms with E-state index in [-0.39, 0.29) is 5.91 Å². The maximum absolute atomic E-state index is 13.0. The average molecular weight is 521 g/mol. The van der Waals surface area contributed by atoms with E-state index in [0.717, 1.165) is 18.8 Å². The normalized spacial score (nSPS) is 17.6. The van der Waals surface area contributed by atoms with Crippen molar-refractivity contribution in [2.24, 2.45) is 0 Å². The number of nitrogens with one attached hydrogen (secondary N) is 3. The molecule has 1 aliphatic rings. The molecule has 1 aliphatic heterocycles. The fourth-order valence-electron chi connectivity index (χ4n) is 4.72. The van der Waals surface area contributed by atoms with Crippen molar-refractivity contribution in [3.8, 4) is 22.8 Å². The van der Waals surface area contributed by atoms with E-state index in [1.54, 1.807) is 26.4 Å². The number of H-pyrrole nitrogens is 1. The van der Waals surface area contributed by atoms with Gasteiger partial charge in [0, 0.05) is 48.1 Å². The van der Waals surface area contributed by atoms with Crippen LogP contribution in [0.5, 0.6) is 11.5 Å². The number of fused-ring (bicyclic) bond motifs is 1. The molecule has 2 atom stereocenters. The molecule has 3 heterocycles. The molecular formula is C27H29ClN6O3. The summed E-state index contributed by atoms with van der Waals surface area (Å²) in [5.74, 6) is 1.25. The molecule has 0 unspecified atom stereocenters. The minimum absolute atomic E-state index is 0.244. The fraction of sp³-hybridized carbons (Fsp3) is 0.296. The Morgan fingerprint density at radius 1 is 1.05 bits per heavy atom. The predicted octanol–water partition coefficient (Wildman–Crippen LogP) is 4.73. The van der Waals surface area contributed by atoms with E-state index in [4.69, 9.17) is 21.1 Å². The second-order valence-corrected chi connectivity index (χ2v) is 9.61. The largest absolute Gasteiger partial charge is 0.497 e. The number of hydrogen-bond acceptors (Lipinski definition) is 7. The smallest absolute Gasteiger partial charge is 0.256 e. The highest BCUT2D eigenvalue weighted by molar-refractivity contribution is 6.34. The van der Waals surface area contributed by atoms with E-state index >= 15 is 0 Å². The van der Waals surface area contributed by atoms with Crippen LogP contribution in [-0.2, 0) is 0 Å². The minimum Gasteiger partial charge on any atom is -0.497 e. The van der Waals surface area contributed by atoms with Gasteiger partial charge in [0.15, 0.2) is 11.5 Å². The number of pyridine rings is 1. The summed E-state index contributed by atoms with van der Waals surface area (Å²) in [5, 5.41) is 14.7. The van der Waals surface area contributed by atoms with Crippen LogP contribution in [0.4, 0.5) is 11.5 Å². The minimum atomic E-state index is -0.244. The van der Waals surface area contributed by atoms with E-state index in [0.29, 0.717) is 62.3 Å². The summed E-state index contributed by atoms with van der Waals surface area (Å²) in [6, 6.07) is 15.6. The first kappa shape index (κ1) is 24.9. The van der Waals surface area contributed by atoms with Crippen molar-refractivity contribution in [1.29, 1.82) is 0 Å². The monoisotopic (exact) mass is 520 g/mol. The maximum Gasteiger partial charge on any atom is 0.256 e. The van der Waals surface area contributed by atoms with Crippen LogP contribution in [-0.4, -0.2) is 60.5 Å². The number of carbonyl (C=O) groups is 1. The molecule has 1 amide bonds. The molecule has 2 aromatic heterocycles. The van der Waals surface area contributed by atoms with Crippen LogP contribution < -0.4 is 25.0 Å². The molecule has 5 rings (SSSR count). The molecule has 0 bridgehead atoms. The molecule has 9 nitrogen and oxygen atoms in total. The van der Waals surface area contributed by atoms with Crippen LogP contribution in [0.15, 0.2) is 48.5 Å². The summed E-state index contributed by atoms with van der Waals surface area (Å²) in [5.41, 5.74) is 3.45. The van der Waals surface area contributed by atoms with Crippen LogP contribution in [0.3, 0.4) is 0 Å². The Morgan fingerprint density at radius 2 is 1.78 bits per heavy atom. The lowest BCUT2D eigenvalue weighted by molar-refractivity contribution is 0.102. The number of carbonyl (C=O) groups excluding carboxylic acids is 1. The number of benzene rings is 2. The Bertz CT molecular complexity index is 1430. The molecule has 0 saturated carbocycles. The molecule has 37 heavy (non-hydrogen) atoms. The zero-order valence-electron chi connectivity index (χ0n) is 21.1. The number of aromatic nitrogens is 3. The van der Waals surface area contributed by atoms with Crippen LogP contribution in [0.2, 0.25) is 5.02 Å². The van der Waals surface area contributed by atoms with Gasteiger partial charge in [-0.25, -0.2) is 4.98 Å². The van der Waals surface area contributed by atoms with Gasteiger partial charge < -0.3 is 25.0 Å². The van der Waals surface area contributed by atoms with E-state index in [2.05, 4.69) is 44.6 Å². The SMILES string of the molecule is COc1cc(OC)c(Cl)c(-c2ccc3c(NC(=O)c4ccc(N5C[C@@H](C)N[C@@H](C)C5)cc4)n[nH]c3n2)c1. The van der Waals surface area contributed by atoms with Gasteiger partial charge in [0.25, 0.3) is 5.91 Å². The van der Waals surface area contributed by atoms with Crippen molar-refractivity contribution < 1.29 is 14.3 Å². The van der Waals surface area contributed by atoms with Crippen molar-refractivity contribution in [2.75, 3.05) is 37.5 Å². The first-order valence-corrected chi connectivity index (χ1v) is 12.4. The summed E-state index contributed by atoms with van der Waals surface area (Å²) in [6.07, 6.45) is 0. The van der Waals surface area contributed by atoms with Crippen LogP contribution in [0.25, 0.3) is 22.3 Å². The van der Waals surface area contributed by atoms with Crippen molar-refractivity contribution in [2.45, 2.75) is 25.9 Å². The molecule has 10 heteroatoms. The third-order valence-corrected chi connectivity index (χ3v) is 6.84. The lowest BCUT2D eigenvalue weighted by Crippen LogP contribution is -2.54. The molecule has 0 aliphatic carbocycles. The molecule has 3 N–H and O–H groups in total. The second kappa shape index (κ2) is 10.3. The Kier molecular flexibility index (Phi) is 6.90. The number of anilines is 2. The van der Waals surface area contributed by atoms with Gasteiger partial charge in [-0.2, -0.15) is 5.10 Å². The molecule has 0 radical (unpaired) electrons. The van der Waals surface area contributed by atoms with Crippen LogP contribution in [0.1, 0.15) is 24.2 Å². The van der Waals surface area contributed by atoms with Gasteiger partial charge in [-0.3, -0.25) is 9.89 Å². The highest BCUT2D eigenvalue weighted by Gasteiger charge is 2.21. The molecule has 2 aromatic carbocycles. The lowest BCUT2D eigenvalue weighted by Gasteiger charge is -2.37. The summed E-state index contributed by atoms with van der Waals surface area (Å²) in [4.78, 5) is 20.0. The molecule has 4 aromatic rings. The van der Waals surface area contributed by atoms with Crippen molar-refractivity contribution >= 4 is 40.0 Å². The van der Waals surface area contributed by atoms with Crippen molar-refractivity contribution in [1.82, 2.24) is 20.5 Å². The maximum atomic E-state index is 13.0. The zero-order chi connectivity index (χ0) is 26.1. The first-order chi connectivity index (χ1) is 17.9. The summed E-state index contributed by atoms with van der Waals surface area (Å²) < 4.78 is 10.7. The number of ether oxygens (including phenoxy) is 2. The van der Waals surface area contributed by atoms with E-state index in [9.17, 15) is 4.79 Å². The average Bonchev–Trinajstić information content (AvgIpc) is 3.30. The van der Waals surface area contributed by atoms with Gasteiger partial charge in [0.05, 0.1) is 30.3 Å². The highest BCUT2D eigenvalue weighted by atomic mass is 35.5. The first-order valence-electron chi connectivity index (χ1n) is 12.1. The van der Waals surface area contributed by atoms with E-state index in [1.807, 2.05) is 36.4 Å². The number of nitrogens with zero attached hydrogens (tertiary/aromatic N) is 3. The Balaban J connectivity index is 1.35. The lowest BCUT2D eigenvalue weighted by atomic mass is 10.1. The van der Waals surface area contributed by atoms with E-state index in [1.165, 1.54) is 0 Å². The Hall–Kier alpha value is -3.82. The summed E-state index contributed by atoms with van der Waals surface area (Å²) in [6.45, 7) is 6.22. The number of rotatable bonds is 6. The number of methoxy groups -OCH3 is 2. The van der Waals surface area contributed by atoms with Gasteiger partial charge in [0.2, 0.25) is 0 Å². The van der Waals surface area contributed by atoms with Gasteiger partial charge >= 0.3 is 0 Å². The van der Waals surface area contributed by atoms with Gasteiger partial charge in [0.1, 0.15) is 11.5 Å². The second-order valence-electron chi connectivity index (χ2n) is 9.23. The standard InChI is InChI=1S/C27H29ClN6O3/c1-15-13-34(14-16(2)29-15)18-7-5-17(6-8-18)27(35)31-26-20-9-10-22(30-25(20)32-33-26)21-11-19(36-3)12-23(37-4)24(21)28/h5-12,15-16,29H,13-14H2,1-4H3,(H2,30,31,32,33,35)/t15-,16+. The van der Waals surface area contributed by atoms with E-state index < -0.39 is 0 Å². The third kappa shape index (κ3) is 5.05. The molecule has 1 fully saturated rings. The molecule has 0 spiro atoms. The Morgan fingerprint density at radius 3 is 2.46 bits per heavy atom. The third-order valence-electron chi connectivity index (χ3n) is 6.45. The van der Waals surface area contributed by atoms with Crippen LogP contribution >= 0.6 is 11.6 Å². The fourth-order valence-corrected chi connectivity index (χ4v) is 5.00. The van der Waals surface area contributed by atoms with Gasteiger partial charge in [-0.05, 0) is 56.3 Å². The Labute approximate surface area is 220 Å². The number of halogens is 1.